The average Bonchev–Trinajstić information content (AvgIpc) is 3.27. The van der Waals surface area contributed by atoms with E-state index in [1.807, 2.05) is 40.2 Å². The van der Waals surface area contributed by atoms with Gasteiger partial charge in [-0.05, 0) is 31.4 Å². The number of hydrogen-bond donors (Lipinski definition) is 1. The Balaban J connectivity index is 1.55. The van der Waals surface area contributed by atoms with Crippen molar-refractivity contribution in [2.45, 2.75) is 25.4 Å². The van der Waals surface area contributed by atoms with Crippen LogP contribution in [-0.2, 0) is 4.74 Å². The molecular formula is C19H21N3O3S. The van der Waals surface area contributed by atoms with Crippen LogP contribution >= 0.6 is 11.3 Å². The molecule has 3 heterocycles. The second-order valence-corrected chi connectivity index (χ2v) is 7.14. The fraction of sp³-hybridized carbons (Fsp3) is 0.368. The number of benzene rings is 1. The van der Waals surface area contributed by atoms with Crippen molar-refractivity contribution in [3.8, 4) is 17.0 Å². The Morgan fingerprint density at radius 1 is 1.42 bits per heavy atom. The molecule has 0 bridgehead atoms. The van der Waals surface area contributed by atoms with Gasteiger partial charge in [-0.15, -0.1) is 11.3 Å². The molecule has 1 aromatic carbocycles. The summed E-state index contributed by atoms with van der Waals surface area (Å²) in [5.74, 6) is 0.660. The number of ether oxygens (including phenoxy) is 2. The molecule has 0 radical (unpaired) electrons. The first-order valence-electron chi connectivity index (χ1n) is 8.76. The van der Waals surface area contributed by atoms with E-state index in [9.17, 15) is 4.79 Å². The predicted octanol–water partition coefficient (Wildman–Crippen LogP) is 3.37. The Labute approximate surface area is 155 Å². The minimum Gasteiger partial charge on any atom is -0.496 e. The molecule has 0 aliphatic carbocycles. The summed E-state index contributed by atoms with van der Waals surface area (Å²) in [6.45, 7) is 1.33. The van der Waals surface area contributed by atoms with E-state index in [0.717, 1.165) is 47.8 Å². The quantitative estimate of drug-likeness (QED) is 0.747. The number of rotatable bonds is 5. The van der Waals surface area contributed by atoms with Gasteiger partial charge in [0.2, 0.25) is 0 Å². The minimum absolute atomic E-state index is 0.102. The largest absolute Gasteiger partial charge is 0.496 e. The molecule has 3 aromatic rings. The number of hydrogen-bond acceptors (Lipinski definition) is 5. The molecule has 4 rings (SSSR count). The number of thiazole rings is 1. The Bertz CT molecular complexity index is 912. The molecule has 7 heteroatoms. The topological polar surface area (TPSA) is 64.9 Å². The van der Waals surface area contributed by atoms with Gasteiger partial charge < -0.3 is 14.8 Å². The minimum atomic E-state index is -0.102. The Morgan fingerprint density at radius 2 is 2.31 bits per heavy atom. The average molecular weight is 371 g/mol. The number of amides is 1. The van der Waals surface area contributed by atoms with Gasteiger partial charge in [0.1, 0.15) is 11.4 Å². The molecular weight excluding hydrogens is 350 g/mol. The fourth-order valence-corrected chi connectivity index (χ4v) is 4.05. The van der Waals surface area contributed by atoms with E-state index in [0.29, 0.717) is 12.2 Å². The number of aromatic nitrogens is 2. The lowest BCUT2D eigenvalue weighted by Gasteiger charge is -2.22. The SMILES string of the molecule is COc1ccccc1-c1cn2c(C(=O)NC[C@H]3CCCCO3)csc2n1. The van der Waals surface area contributed by atoms with E-state index in [4.69, 9.17) is 9.47 Å². The second-order valence-electron chi connectivity index (χ2n) is 6.30. The maximum atomic E-state index is 12.6. The molecule has 136 valence electrons. The smallest absolute Gasteiger partial charge is 0.269 e. The number of nitrogens with one attached hydrogen (secondary N) is 1. The Morgan fingerprint density at radius 3 is 3.12 bits per heavy atom. The maximum Gasteiger partial charge on any atom is 0.269 e. The molecule has 1 aliphatic rings. The Hall–Kier alpha value is -2.38. The highest BCUT2D eigenvalue weighted by molar-refractivity contribution is 7.15. The first kappa shape index (κ1) is 17.1. The van der Waals surface area contributed by atoms with Gasteiger partial charge in [0.25, 0.3) is 5.91 Å². The van der Waals surface area contributed by atoms with Gasteiger partial charge in [-0.2, -0.15) is 0 Å². The third-order valence-corrected chi connectivity index (χ3v) is 5.43. The number of para-hydroxylation sites is 1. The van der Waals surface area contributed by atoms with Gasteiger partial charge in [-0.3, -0.25) is 9.20 Å². The lowest BCUT2D eigenvalue weighted by Crippen LogP contribution is -2.35. The van der Waals surface area contributed by atoms with Crippen molar-refractivity contribution in [3.63, 3.8) is 0 Å². The zero-order valence-electron chi connectivity index (χ0n) is 14.6. The molecule has 1 atom stereocenters. The van der Waals surface area contributed by atoms with E-state index in [1.54, 1.807) is 7.11 Å². The molecule has 26 heavy (non-hydrogen) atoms. The van der Waals surface area contributed by atoms with Gasteiger partial charge in [-0.1, -0.05) is 12.1 Å². The van der Waals surface area contributed by atoms with Crippen LogP contribution in [0, 0.1) is 0 Å². The summed E-state index contributed by atoms with van der Waals surface area (Å²) in [6, 6.07) is 7.74. The van der Waals surface area contributed by atoms with Crippen LogP contribution in [0.3, 0.4) is 0 Å². The summed E-state index contributed by atoms with van der Waals surface area (Å²) >= 11 is 1.45. The van der Waals surface area contributed by atoms with E-state index in [1.165, 1.54) is 11.3 Å². The summed E-state index contributed by atoms with van der Waals surface area (Å²) in [5, 5.41) is 4.83. The van der Waals surface area contributed by atoms with Crippen molar-refractivity contribution in [2.24, 2.45) is 0 Å². The third-order valence-electron chi connectivity index (χ3n) is 4.59. The highest BCUT2D eigenvalue weighted by Gasteiger charge is 2.19. The monoisotopic (exact) mass is 371 g/mol. The number of carbonyl (C=O) groups excluding carboxylic acids is 1. The first-order chi connectivity index (χ1) is 12.8. The third kappa shape index (κ3) is 3.32. The van der Waals surface area contributed by atoms with Crippen LogP contribution in [0.25, 0.3) is 16.2 Å². The van der Waals surface area contributed by atoms with E-state index < -0.39 is 0 Å². The van der Waals surface area contributed by atoms with Crippen LogP contribution in [0.2, 0.25) is 0 Å². The summed E-state index contributed by atoms with van der Waals surface area (Å²) in [5.41, 5.74) is 2.29. The normalized spacial score (nSPS) is 17.3. The first-order valence-corrected chi connectivity index (χ1v) is 9.64. The van der Waals surface area contributed by atoms with Gasteiger partial charge in [0.15, 0.2) is 4.96 Å². The molecule has 1 amide bonds. The van der Waals surface area contributed by atoms with E-state index in [2.05, 4.69) is 10.3 Å². The fourth-order valence-electron chi connectivity index (χ4n) is 3.20. The van der Waals surface area contributed by atoms with E-state index in [-0.39, 0.29) is 12.0 Å². The molecule has 6 nitrogen and oxygen atoms in total. The zero-order chi connectivity index (χ0) is 17.9. The second kappa shape index (κ2) is 7.47. The number of fused-ring (bicyclic) bond motifs is 1. The summed E-state index contributed by atoms with van der Waals surface area (Å²) in [6.07, 6.45) is 5.27. The molecule has 0 unspecified atom stereocenters. The molecule has 1 aliphatic heterocycles. The number of imidazole rings is 1. The standard InChI is InChI=1S/C19H21N3O3S/c1-24-17-8-3-2-7-14(17)15-11-22-16(12-26-19(22)21-15)18(23)20-10-13-6-4-5-9-25-13/h2-3,7-8,11-13H,4-6,9-10H2,1H3,(H,20,23)/t13-/m1/s1. The lowest BCUT2D eigenvalue weighted by atomic mass is 10.1. The molecule has 2 aromatic heterocycles. The maximum absolute atomic E-state index is 12.6. The van der Waals surface area contributed by atoms with Crippen molar-refractivity contribution in [3.05, 3.63) is 41.5 Å². The number of methoxy groups -OCH3 is 1. The zero-order valence-corrected chi connectivity index (χ0v) is 15.4. The van der Waals surface area contributed by atoms with Crippen LogP contribution in [0.1, 0.15) is 29.8 Å². The van der Waals surface area contributed by atoms with Crippen molar-refractivity contribution < 1.29 is 14.3 Å². The highest BCUT2D eigenvalue weighted by atomic mass is 32.1. The van der Waals surface area contributed by atoms with Crippen LogP contribution in [-0.4, -0.2) is 41.7 Å². The van der Waals surface area contributed by atoms with Crippen LogP contribution in [0.5, 0.6) is 5.75 Å². The van der Waals surface area contributed by atoms with E-state index >= 15 is 0 Å². The Kier molecular flexibility index (Phi) is 4.90. The van der Waals surface area contributed by atoms with Crippen LogP contribution in [0.4, 0.5) is 0 Å². The van der Waals surface area contributed by atoms with Crippen molar-refractivity contribution >= 4 is 22.2 Å². The van der Waals surface area contributed by atoms with Crippen LogP contribution < -0.4 is 10.1 Å². The summed E-state index contributed by atoms with van der Waals surface area (Å²) in [7, 11) is 1.64. The number of carbonyl (C=O) groups is 1. The van der Waals surface area contributed by atoms with Gasteiger partial charge in [0, 0.05) is 30.3 Å². The number of nitrogens with zero attached hydrogens (tertiary/aromatic N) is 2. The highest BCUT2D eigenvalue weighted by Crippen LogP contribution is 2.30. The summed E-state index contributed by atoms with van der Waals surface area (Å²) in [4.78, 5) is 18.0. The van der Waals surface area contributed by atoms with Gasteiger partial charge >= 0.3 is 0 Å². The van der Waals surface area contributed by atoms with Crippen molar-refractivity contribution in [2.75, 3.05) is 20.3 Å². The van der Waals surface area contributed by atoms with Crippen molar-refractivity contribution in [1.82, 2.24) is 14.7 Å². The molecule has 0 saturated carbocycles. The molecule has 1 saturated heterocycles. The van der Waals surface area contributed by atoms with Gasteiger partial charge in [-0.25, -0.2) is 4.98 Å². The molecule has 0 spiro atoms. The molecule has 1 N–H and O–H groups in total. The lowest BCUT2D eigenvalue weighted by molar-refractivity contribution is 0.0168. The van der Waals surface area contributed by atoms with Crippen molar-refractivity contribution in [1.29, 1.82) is 0 Å². The summed E-state index contributed by atoms with van der Waals surface area (Å²) < 4.78 is 12.9. The van der Waals surface area contributed by atoms with Crippen LogP contribution in [0.15, 0.2) is 35.8 Å². The molecule has 1 fully saturated rings. The predicted molar refractivity (Wildman–Crippen MR) is 101 cm³/mol. The van der Waals surface area contributed by atoms with Gasteiger partial charge in [0.05, 0.1) is 18.9 Å².